The number of rotatable bonds is 9. The number of nitrogens with one attached hydrogen (secondary N) is 2. The molecule has 4 fully saturated rings. The van der Waals surface area contributed by atoms with Gasteiger partial charge < -0.3 is 24.4 Å². The average Bonchev–Trinajstić information content (AvgIpc) is 3.64. The Morgan fingerprint density at radius 2 is 1.79 bits per heavy atom. The number of ether oxygens (including phenoxy) is 1. The van der Waals surface area contributed by atoms with E-state index in [1.807, 2.05) is 29.4 Å². The van der Waals surface area contributed by atoms with Crippen molar-refractivity contribution in [2.45, 2.75) is 81.6 Å². The summed E-state index contributed by atoms with van der Waals surface area (Å²) in [5.41, 5.74) is 0.981. The van der Waals surface area contributed by atoms with Gasteiger partial charge in [0, 0.05) is 88.3 Å². The van der Waals surface area contributed by atoms with Crippen LogP contribution < -0.4 is 25.2 Å². The number of hydrogen-bond donors (Lipinski definition) is 2. The van der Waals surface area contributed by atoms with E-state index < -0.39 is 11.7 Å². The number of carbonyl (C=O) groups is 3. The Balaban J connectivity index is 0.777. The monoisotopic (exact) mass is 782 g/mol. The maximum absolute atomic E-state index is 16.2. The molecule has 3 aromatic heterocycles. The maximum atomic E-state index is 16.2. The summed E-state index contributed by atoms with van der Waals surface area (Å²) >= 11 is 6.14. The lowest BCUT2D eigenvalue weighted by Gasteiger charge is -2.41. The highest BCUT2D eigenvalue weighted by Crippen LogP contribution is 2.35. The maximum Gasteiger partial charge on any atom is 0.328 e. The Morgan fingerprint density at radius 1 is 1.00 bits per heavy atom. The Hall–Kier alpha value is -5.33. The number of alkyl halides is 1. The number of imide groups is 1. The van der Waals surface area contributed by atoms with E-state index in [1.165, 1.54) is 0 Å². The largest absolute Gasteiger partial charge is 0.490 e. The summed E-state index contributed by atoms with van der Waals surface area (Å²) < 4.78 is 24.5. The summed E-state index contributed by atoms with van der Waals surface area (Å²) in [6, 6.07) is 12.4. The van der Waals surface area contributed by atoms with Crippen LogP contribution in [-0.2, 0) is 4.79 Å². The second-order valence-corrected chi connectivity index (χ2v) is 15.7. The molecule has 1 aliphatic carbocycles. The van der Waals surface area contributed by atoms with Gasteiger partial charge >= 0.3 is 6.03 Å². The molecule has 0 bridgehead atoms. The van der Waals surface area contributed by atoms with Crippen molar-refractivity contribution >= 4 is 51.9 Å². The number of nitrogens with zero attached hydrogens (tertiary/aromatic N) is 8. The van der Waals surface area contributed by atoms with E-state index in [0.29, 0.717) is 66.9 Å². The van der Waals surface area contributed by atoms with E-state index in [4.69, 9.17) is 21.6 Å². The van der Waals surface area contributed by atoms with Crippen molar-refractivity contribution in [3.05, 3.63) is 71.3 Å². The van der Waals surface area contributed by atoms with Crippen LogP contribution in [0, 0.1) is 11.3 Å². The van der Waals surface area contributed by atoms with Gasteiger partial charge in [0.05, 0.1) is 40.3 Å². The van der Waals surface area contributed by atoms with Crippen LogP contribution in [0.4, 0.5) is 20.7 Å². The molecule has 4 aliphatic rings. The number of carbonyl (C=O) groups excluding carboxylic acids is 3. The van der Waals surface area contributed by atoms with Crippen LogP contribution in [0.15, 0.2) is 55.0 Å². The normalized spacial score (nSPS) is 22.1. The number of anilines is 2. The minimum Gasteiger partial charge on any atom is -0.490 e. The summed E-state index contributed by atoms with van der Waals surface area (Å²) in [7, 11) is 0. The minimum absolute atomic E-state index is 0.00320. The minimum atomic E-state index is -1.30. The van der Waals surface area contributed by atoms with Crippen LogP contribution in [0.2, 0.25) is 5.02 Å². The summed E-state index contributed by atoms with van der Waals surface area (Å²) in [5.74, 6) is 0.723. The molecule has 8 rings (SSSR count). The molecule has 14 nitrogen and oxygen atoms in total. The number of pyridine rings is 1. The van der Waals surface area contributed by atoms with Crippen LogP contribution in [0.3, 0.4) is 0 Å². The van der Waals surface area contributed by atoms with E-state index in [-0.39, 0.29) is 42.1 Å². The van der Waals surface area contributed by atoms with Gasteiger partial charge in [0.25, 0.3) is 5.91 Å². The second-order valence-electron chi connectivity index (χ2n) is 15.3. The van der Waals surface area contributed by atoms with Gasteiger partial charge in [-0.05, 0) is 68.9 Å². The average molecular weight is 783 g/mol. The molecule has 16 heteroatoms. The first kappa shape index (κ1) is 37.6. The summed E-state index contributed by atoms with van der Waals surface area (Å²) in [6.45, 7) is 3.29. The van der Waals surface area contributed by atoms with Gasteiger partial charge in [0.2, 0.25) is 5.91 Å². The van der Waals surface area contributed by atoms with Crippen molar-refractivity contribution in [1.29, 1.82) is 5.26 Å². The van der Waals surface area contributed by atoms with Crippen molar-refractivity contribution in [3.8, 4) is 11.8 Å². The zero-order valence-corrected chi connectivity index (χ0v) is 31.8. The SMILES string of the molecule is N#Cc1ccc(OC2CCC(NC(=O)c3ccc(N4CCC(F)(CN5CCC(n6ccc7c(N8CCC(=O)NC8=O)cncc76)CC5)CC4)nn3)CC2)cc1Cl. The van der Waals surface area contributed by atoms with Gasteiger partial charge in [-0.25, -0.2) is 9.18 Å². The predicted molar refractivity (Wildman–Crippen MR) is 208 cm³/mol. The molecule has 1 aromatic carbocycles. The molecule has 0 atom stereocenters. The summed E-state index contributed by atoms with van der Waals surface area (Å²) in [5, 5.41) is 24.4. The molecule has 1 saturated carbocycles. The third kappa shape index (κ3) is 8.13. The van der Waals surface area contributed by atoms with Gasteiger partial charge in [0.1, 0.15) is 17.5 Å². The van der Waals surface area contributed by atoms with Crippen molar-refractivity contribution < 1.29 is 23.5 Å². The van der Waals surface area contributed by atoms with E-state index >= 15 is 4.39 Å². The fourth-order valence-electron chi connectivity index (χ4n) is 8.49. The summed E-state index contributed by atoms with van der Waals surface area (Å²) in [4.78, 5) is 47.4. The molecule has 0 radical (unpaired) electrons. The first-order valence-electron chi connectivity index (χ1n) is 19.4. The number of likely N-dealkylation sites (tertiary alicyclic amines) is 1. The quantitative estimate of drug-likeness (QED) is 0.220. The topological polar surface area (TPSA) is 162 Å². The highest BCUT2D eigenvalue weighted by atomic mass is 35.5. The Morgan fingerprint density at radius 3 is 2.48 bits per heavy atom. The van der Waals surface area contributed by atoms with E-state index in [1.54, 1.807) is 41.4 Å². The number of aromatic nitrogens is 4. The van der Waals surface area contributed by atoms with Crippen LogP contribution in [0.25, 0.3) is 10.9 Å². The Labute approximate surface area is 328 Å². The predicted octanol–water partition coefficient (Wildman–Crippen LogP) is 5.56. The fourth-order valence-corrected chi connectivity index (χ4v) is 8.70. The first-order chi connectivity index (χ1) is 27.1. The molecule has 3 saturated heterocycles. The number of amides is 4. The van der Waals surface area contributed by atoms with Gasteiger partial charge in [-0.15, -0.1) is 10.2 Å². The second kappa shape index (κ2) is 16.0. The molecule has 0 unspecified atom stereocenters. The summed E-state index contributed by atoms with van der Waals surface area (Å²) in [6.07, 6.45) is 11.4. The van der Waals surface area contributed by atoms with E-state index in [0.717, 1.165) is 62.5 Å². The van der Waals surface area contributed by atoms with Gasteiger partial charge in [-0.2, -0.15) is 5.26 Å². The molecule has 3 aliphatic heterocycles. The van der Waals surface area contributed by atoms with Crippen LogP contribution in [0.1, 0.15) is 79.9 Å². The third-order valence-corrected chi connectivity index (χ3v) is 12.0. The Bertz CT molecular complexity index is 2130. The lowest BCUT2D eigenvalue weighted by atomic mass is 9.91. The molecule has 56 heavy (non-hydrogen) atoms. The van der Waals surface area contributed by atoms with Gasteiger partial charge in [-0.3, -0.25) is 24.8 Å². The van der Waals surface area contributed by atoms with Crippen molar-refractivity contribution in [2.24, 2.45) is 0 Å². The van der Waals surface area contributed by atoms with Gasteiger partial charge in [0.15, 0.2) is 11.5 Å². The van der Waals surface area contributed by atoms with Crippen molar-refractivity contribution in [3.63, 3.8) is 0 Å². The number of urea groups is 1. The molecule has 292 valence electrons. The third-order valence-electron chi connectivity index (χ3n) is 11.7. The molecular formula is C40H44ClFN10O4. The number of piperidine rings is 2. The molecule has 2 N–H and O–H groups in total. The molecule has 4 amide bonds. The Kier molecular flexibility index (Phi) is 10.8. The van der Waals surface area contributed by atoms with Crippen molar-refractivity contribution in [1.82, 2.24) is 35.3 Å². The van der Waals surface area contributed by atoms with Crippen molar-refractivity contribution in [2.75, 3.05) is 49.1 Å². The highest BCUT2D eigenvalue weighted by molar-refractivity contribution is 6.31. The lowest BCUT2D eigenvalue weighted by molar-refractivity contribution is -0.120. The standard InChI is InChI=1S/C40H44ClFN10O4/c41-32-21-30(4-1-26(32)22-43)56-29-5-2-27(3-6-29)45-38(54)33-7-8-36(48-47-33)50-19-13-40(42,14-20-50)25-49-15-9-28(10-16-49)51-17-11-31-34(51)23-44-24-35(31)52-18-12-37(53)46-39(52)55/h1,4,7-8,11,17,21,23-24,27-29H,2-3,5-6,9-10,12-16,18-20,25H2,(H,45,54)(H,46,53,55). The zero-order chi connectivity index (χ0) is 38.8. The number of hydrogen-bond acceptors (Lipinski definition) is 10. The number of benzene rings is 1. The number of nitriles is 1. The van der Waals surface area contributed by atoms with Crippen LogP contribution in [-0.4, -0.2) is 99.6 Å². The molecular weight excluding hydrogens is 739 g/mol. The smallest absolute Gasteiger partial charge is 0.328 e. The van der Waals surface area contributed by atoms with E-state index in [9.17, 15) is 14.4 Å². The van der Waals surface area contributed by atoms with Crippen LogP contribution >= 0.6 is 11.6 Å². The first-order valence-corrected chi connectivity index (χ1v) is 19.8. The lowest BCUT2D eigenvalue weighted by Crippen LogP contribution is -2.50. The molecule has 0 spiro atoms. The number of fused-ring (bicyclic) bond motifs is 1. The van der Waals surface area contributed by atoms with Gasteiger partial charge in [-0.1, -0.05) is 11.6 Å². The number of halogens is 2. The highest BCUT2D eigenvalue weighted by Gasteiger charge is 2.38. The molecule has 4 aromatic rings. The van der Waals surface area contributed by atoms with Crippen LogP contribution in [0.5, 0.6) is 5.75 Å². The molecule has 6 heterocycles. The fraction of sp³-hybridized carbons (Fsp3) is 0.475. The zero-order valence-electron chi connectivity index (χ0n) is 31.0. The van der Waals surface area contributed by atoms with E-state index in [2.05, 4.69) is 35.3 Å².